The number of nitrogens with one attached hydrogen (secondary N) is 5. The van der Waals surface area contributed by atoms with Crippen molar-refractivity contribution in [2.75, 3.05) is 90.3 Å². The van der Waals surface area contributed by atoms with Crippen molar-refractivity contribution < 1.29 is 41.2 Å². The number of rotatable bonds is 33. The van der Waals surface area contributed by atoms with Gasteiger partial charge >= 0.3 is 0 Å². The van der Waals surface area contributed by atoms with Crippen molar-refractivity contribution in [3.63, 3.8) is 0 Å². The van der Waals surface area contributed by atoms with E-state index in [1.54, 1.807) is 55.4 Å². The number of nitrogens with zero attached hydrogens (tertiary/aromatic N) is 16. The van der Waals surface area contributed by atoms with Crippen molar-refractivity contribution in [2.24, 2.45) is 7.05 Å². The number of halogens is 4. The van der Waals surface area contributed by atoms with Crippen molar-refractivity contribution in [1.82, 2.24) is 105 Å². The third-order valence-electron chi connectivity index (χ3n) is 23.9. The molecule has 0 unspecified atom stereocenters. The van der Waals surface area contributed by atoms with Crippen LogP contribution in [0.3, 0.4) is 0 Å². The van der Waals surface area contributed by atoms with Crippen LogP contribution in [0.25, 0.3) is 110 Å². The highest BCUT2D eigenvalue weighted by molar-refractivity contribution is 5.92. The first-order valence-electron chi connectivity index (χ1n) is 47.1. The second-order valence-electron chi connectivity index (χ2n) is 36.3. The maximum atomic E-state index is 14.0. The van der Waals surface area contributed by atoms with E-state index in [0.717, 1.165) is 212 Å². The molecule has 5 N–H and O–H groups in total. The number of fused-ring (bicyclic) bond motifs is 5. The molecular formula is C113H117F4N21O5. The second-order valence-corrected chi connectivity index (χ2v) is 36.3. The highest BCUT2D eigenvalue weighted by atomic mass is 19.1. The number of ether oxygens (including phenoxy) is 5. The lowest BCUT2D eigenvalue weighted by molar-refractivity contribution is 0.298. The number of H-pyrrole nitrogens is 5. The fourth-order valence-electron chi connectivity index (χ4n) is 16.9. The van der Waals surface area contributed by atoms with Gasteiger partial charge in [0.25, 0.3) is 0 Å². The summed E-state index contributed by atoms with van der Waals surface area (Å²) in [7, 11) is 22.2. The van der Waals surface area contributed by atoms with Crippen LogP contribution in [0.15, 0.2) is 286 Å². The predicted molar refractivity (Wildman–Crippen MR) is 557 cm³/mol. The third-order valence-corrected chi connectivity index (χ3v) is 23.9. The van der Waals surface area contributed by atoms with Gasteiger partial charge in [0.2, 0.25) is 0 Å². The summed E-state index contributed by atoms with van der Waals surface area (Å²) in [4.78, 5) is 22.7. The summed E-state index contributed by atoms with van der Waals surface area (Å²) in [6.07, 6.45) is 13.8. The highest BCUT2D eigenvalue weighted by Crippen LogP contribution is 2.41. The molecule has 732 valence electrons. The second kappa shape index (κ2) is 47.3. The Hall–Kier alpha value is -16.0. The molecule has 20 rings (SSSR count). The number of hydrogen-bond acceptors (Lipinski definition) is 19. The van der Waals surface area contributed by atoms with E-state index in [-0.39, 0.29) is 23.3 Å². The molecular weight excluding hydrogens is 1810 g/mol. The number of aromatic amines is 5. The Kier molecular flexibility index (Phi) is 33.1. The minimum Gasteiger partial charge on any atom is -0.492 e. The lowest BCUT2D eigenvalue weighted by atomic mass is 10.0. The number of hydrogen-bond donors (Lipinski definition) is 5. The van der Waals surface area contributed by atoms with Crippen LogP contribution in [-0.4, -0.2) is 195 Å². The quantitative estimate of drug-likeness (QED) is 0.0239. The molecule has 0 aliphatic rings. The summed E-state index contributed by atoms with van der Waals surface area (Å²) in [5.41, 5.74) is 25.9. The maximum Gasteiger partial charge on any atom is 0.130 e. The molecule has 0 radical (unpaired) electrons. The number of para-hydroxylation sites is 1. The number of imidazole rings is 1. The van der Waals surface area contributed by atoms with E-state index < -0.39 is 0 Å². The SMILES string of the molecule is CN(C)Cc1[nH]nc2ccc(-c3ccc(F)cc3OCCc3cccnc3)cc12.CN(C)Cc1[nH]nc2ccc(-c3ccc(F)cc3OCCn3ccnc3)cc12.CN(C)Cc1[nH]nc2ccc(-c3ccc(F)cc3OCc3cccnc3)cc12.CN(C)Cc1[nH]nc2ccc(-c3ccccc3OCc3ccccc3)cc12.Cc1nn(C)c(C)c1CCOc1cc(F)ccc1-c1ccc2n[nH]c(CN(C)C)c2c1. The minimum atomic E-state index is -0.331. The van der Waals surface area contributed by atoms with Crippen molar-refractivity contribution >= 4 is 54.5 Å². The zero-order valence-corrected chi connectivity index (χ0v) is 82.5. The first-order valence-corrected chi connectivity index (χ1v) is 47.1. The Bertz CT molecular complexity index is 7610. The molecule has 0 aliphatic carbocycles. The topological polar surface area (TPSA) is 267 Å². The molecule has 9 heterocycles. The third kappa shape index (κ3) is 26.2. The van der Waals surface area contributed by atoms with Crippen LogP contribution in [0, 0.1) is 37.1 Å². The molecule has 0 fully saturated rings. The van der Waals surface area contributed by atoms with Gasteiger partial charge in [0, 0.05) is 180 Å². The average molecular weight is 1930 g/mol. The first-order chi connectivity index (χ1) is 69.3. The van der Waals surface area contributed by atoms with Crippen LogP contribution in [0.5, 0.6) is 28.7 Å². The molecule has 0 bridgehead atoms. The Morgan fingerprint density at radius 1 is 0.315 bits per heavy atom. The minimum absolute atomic E-state index is 0.315. The van der Waals surface area contributed by atoms with Crippen LogP contribution in [-0.2, 0) is 72.4 Å². The summed E-state index contributed by atoms with van der Waals surface area (Å²) in [6, 6.07) is 75.3. The number of pyridine rings is 2. The lowest BCUT2D eigenvalue weighted by Gasteiger charge is -2.13. The molecule has 0 saturated carbocycles. The standard InChI is InChI=1S/C24H28FN5O.C23H23FN4O.C23H23N3O.C22H21FN4O.C21H22FN5O/c1-15-19(16(2)30(5)28-15)10-11-31-24-13-18(25)7-8-20(24)17-6-9-22-21(12-17)23(27-26-22)14-29(3)4;1-28(2)15-22-20-12-17(5-8-21(20)26-27-22)19-7-6-18(24)13-23(19)29-11-9-16-4-3-10-25-14-16;1-26(2)15-22-20-14-18(12-13-21(20)24-25-22)19-10-6-7-11-23(19)27-16-17-8-4-3-5-9-17;1-27(2)13-21-19-10-16(5-8-20(19)25-26-21)18-7-6-17(23)11-22(18)28-14-15-4-3-9-24-12-15;1-26(2)13-20-18-11-15(3-6-19(18)24-25-20)17-5-4-16(22)12-21(17)28-10-9-27-8-7-23-14-27/h6-9,12-13H,10-11,14H2,1-5H3,(H,26,27);3-8,10,12-14H,9,11,15H2,1-2H3,(H,26,27);3-14H,15-16H2,1-2H3,(H,24,25);3-12H,13-14H2,1-2H3,(H,25,26);3-8,11-12,14H,9-10,13H2,1-2H3,(H,24,25). The van der Waals surface area contributed by atoms with Gasteiger partial charge in [-0.3, -0.25) is 40.1 Å². The average Bonchev–Trinajstić information content (AvgIpc) is 1.75. The number of aryl methyl sites for hydroxylation is 2. The van der Waals surface area contributed by atoms with Gasteiger partial charge in [-0.15, -0.1) is 0 Å². The van der Waals surface area contributed by atoms with Crippen molar-refractivity contribution in [1.29, 1.82) is 0 Å². The Morgan fingerprint density at radius 2 is 0.650 bits per heavy atom. The van der Waals surface area contributed by atoms with E-state index in [1.165, 1.54) is 54.1 Å². The van der Waals surface area contributed by atoms with Gasteiger partial charge in [-0.2, -0.15) is 30.6 Å². The van der Waals surface area contributed by atoms with E-state index in [1.807, 2.05) is 208 Å². The normalized spacial score (nSPS) is 11.4. The number of aromatic nitrogens is 16. The summed E-state index contributed by atoms with van der Waals surface area (Å²) < 4.78 is 89.5. The summed E-state index contributed by atoms with van der Waals surface area (Å²) in [6.45, 7) is 10.8. The van der Waals surface area contributed by atoms with Gasteiger partial charge < -0.3 is 52.8 Å². The maximum absolute atomic E-state index is 14.0. The summed E-state index contributed by atoms with van der Waals surface area (Å²) in [5, 5.41) is 47.4. The molecule has 30 heteroatoms. The van der Waals surface area contributed by atoms with Crippen LogP contribution in [0.4, 0.5) is 17.6 Å². The van der Waals surface area contributed by atoms with Crippen molar-refractivity contribution in [2.45, 2.75) is 79.2 Å². The highest BCUT2D eigenvalue weighted by Gasteiger charge is 2.22. The van der Waals surface area contributed by atoms with Crippen LogP contribution in [0.2, 0.25) is 0 Å². The summed E-state index contributed by atoms with van der Waals surface area (Å²) in [5.74, 6) is 1.70. The Morgan fingerprint density at radius 3 is 1.01 bits per heavy atom. The molecule has 143 heavy (non-hydrogen) atoms. The first kappa shape index (κ1) is 100. The van der Waals surface area contributed by atoms with Crippen LogP contribution >= 0.6 is 0 Å². The lowest BCUT2D eigenvalue weighted by Crippen LogP contribution is -2.11. The smallest absolute Gasteiger partial charge is 0.130 e. The molecule has 0 amide bonds. The summed E-state index contributed by atoms with van der Waals surface area (Å²) >= 11 is 0. The van der Waals surface area contributed by atoms with Gasteiger partial charge in [0.05, 0.1) is 87.8 Å². The fourth-order valence-corrected chi connectivity index (χ4v) is 16.9. The molecule has 0 spiro atoms. The van der Waals surface area contributed by atoms with Gasteiger partial charge in [-0.1, -0.05) is 91.0 Å². The van der Waals surface area contributed by atoms with E-state index in [2.05, 4.69) is 170 Å². The predicted octanol–water partition coefficient (Wildman–Crippen LogP) is 21.8. The molecule has 9 aromatic heterocycles. The van der Waals surface area contributed by atoms with E-state index in [9.17, 15) is 17.6 Å². The van der Waals surface area contributed by atoms with Gasteiger partial charge in [0.15, 0.2) is 0 Å². The molecule has 0 atom stereocenters. The van der Waals surface area contributed by atoms with Crippen molar-refractivity contribution in [3.05, 3.63) is 372 Å². The largest absolute Gasteiger partial charge is 0.492 e. The molecule has 0 saturated heterocycles. The van der Waals surface area contributed by atoms with E-state index in [4.69, 9.17) is 23.7 Å². The zero-order valence-electron chi connectivity index (χ0n) is 82.5. The Balaban J connectivity index is 0.000000128. The van der Waals surface area contributed by atoms with Crippen LogP contribution < -0.4 is 23.7 Å². The van der Waals surface area contributed by atoms with E-state index in [0.29, 0.717) is 69.0 Å². The van der Waals surface area contributed by atoms with Crippen LogP contribution in [0.1, 0.15) is 62.1 Å². The monoisotopic (exact) mass is 1920 g/mol. The van der Waals surface area contributed by atoms with E-state index >= 15 is 0 Å². The molecule has 26 nitrogen and oxygen atoms in total. The fraction of sp³-hybridized carbons (Fsp3) is 0.230. The van der Waals surface area contributed by atoms with Gasteiger partial charge in [-0.05, 0) is 256 Å². The molecule has 0 aliphatic heterocycles. The number of benzene rings is 11. The zero-order chi connectivity index (χ0) is 100.0. The molecule has 11 aromatic carbocycles. The van der Waals surface area contributed by atoms with Crippen molar-refractivity contribution in [3.8, 4) is 84.4 Å². The Labute approximate surface area is 828 Å². The van der Waals surface area contributed by atoms with Gasteiger partial charge in [0.1, 0.15) is 71.8 Å². The van der Waals surface area contributed by atoms with Gasteiger partial charge in [-0.25, -0.2) is 22.5 Å². The molecule has 20 aromatic rings.